The molecule has 0 unspecified atom stereocenters. The van der Waals surface area contributed by atoms with Gasteiger partial charge < -0.3 is 18.6 Å². The highest BCUT2D eigenvalue weighted by Crippen LogP contribution is 2.50. The molecule has 0 radical (unpaired) electrons. The summed E-state index contributed by atoms with van der Waals surface area (Å²) in [7, 11) is -3.14. The number of benzene rings is 10. The predicted molar refractivity (Wildman–Crippen MR) is 289 cm³/mol. The molecular formula is C60H50N2O2Si2. The van der Waals surface area contributed by atoms with Gasteiger partial charge in [-0.15, -0.1) is 0 Å². The number of anilines is 6. The van der Waals surface area contributed by atoms with Gasteiger partial charge in [0.1, 0.15) is 11.2 Å². The maximum absolute atomic E-state index is 6.81. The first-order chi connectivity index (χ1) is 32.0. The van der Waals surface area contributed by atoms with Crippen LogP contribution in [0, 0.1) is 0 Å². The summed E-state index contributed by atoms with van der Waals surface area (Å²) < 4.78 is 13.6. The van der Waals surface area contributed by atoms with Crippen molar-refractivity contribution in [3.63, 3.8) is 0 Å². The zero-order chi connectivity index (χ0) is 44.9. The highest BCUT2D eigenvalue weighted by Gasteiger charge is 2.27. The van der Waals surface area contributed by atoms with E-state index in [1.54, 1.807) is 0 Å². The third-order valence-electron chi connectivity index (χ3n) is 13.6. The van der Waals surface area contributed by atoms with Gasteiger partial charge in [-0.05, 0) is 82.2 Å². The van der Waals surface area contributed by atoms with Gasteiger partial charge >= 0.3 is 0 Å². The first-order valence-corrected chi connectivity index (χ1v) is 30.0. The molecule has 6 heteroatoms. The molecule has 2 aromatic heterocycles. The van der Waals surface area contributed by atoms with Crippen LogP contribution in [0.3, 0.4) is 0 Å². The van der Waals surface area contributed by atoms with Crippen molar-refractivity contribution in [2.75, 3.05) is 9.80 Å². The number of hydrogen-bond acceptors (Lipinski definition) is 4. The number of hydrogen-bond donors (Lipinski definition) is 0. The molecule has 0 aliphatic carbocycles. The Morgan fingerprint density at radius 1 is 0.288 bits per heavy atom. The van der Waals surface area contributed by atoms with E-state index in [4.69, 9.17) is 8.83 Å². The third kappa shape index (κ3) is 6.46. The maximum Gasteiger partial charge on any atom is 0.159 e. The molecular weight excluding hydrogens is 837 g/mol. The zero-order valence-corrected chi connectivity index (χ0v) is 40.2. The molecule has 0 amide bonds. The normalized spacial score (nSPS) is 12.4. The van der Waals surface area contributed by atoms with Gasteiger partial charge in [-0.1, -0.05) is 183 Å². The van der Waals surface area contributed by atoms with Crippen molar-refractivity contribution in [3.8, 4) is 0 Å². The van der Waals surface area contributed by atoms with Crippen molar-refractivity contribution >= 4 is 137 Å². The standard InChI is InChI=1S/C60H50N2O2Si2/c1-65(2,3)41-33-29-39(30-34-41)61(53-25-15-23-49-47-21-11-13-27-57(47)63-59(49)53)55-37-51-44-18-8-10-20-46(44)56(38-52(51)43-17-7-9-19-45(43)55)62(40-31-35-42(36-32-40)66(4,5)6)54-26-16-24-50-48-22-12-14-28-58(48)64-60(50)54/h7-38H,1-6H3. The summed E-state index contributed by atoms with van der Waals surface area (Å²) in [6.45, 7) is 14.5. The molecule has 0 atom stereocenters. The Bertz CT molecular complexity index is 3600. The summed E-state index contributed by atoms with van der Waals surface area (Å²) in [6.07, 6.45) is 0. The van der Waals surface area contributed by atoms with Crippen LogP contribution in [0.15, 0.2) is 203 Å². The molecule has 10 aromatic carbocycles. The number of furan rings is 2. The van der Waals surface area contributed by atoms with Gasteiger partial charge in [-0.3, -0.25) is 0 Å². The highest BCUT2D eigenvalue weighted by molar-refractivity contribution is 6.89. The molecule has 2 heterocycles. The van der Waals surface area contributed by atoms with Crippen molar-refractivity contribution in [2.24, 2.45) is 0 Å². The fourth-order valence-corrected chi connectivity index (χ4v) is 12.5. The fourth-order valence-electron chi connectivity index (χ4n) is 10.1. The Hall–Kier alpha value is -7.39. The number of rotatable bonds is 8. The largest absolute Gasteiger partial charge is 0.454 e. The van der Waals surface area contributed by atoms with Gasteiger partial charge in [0, 0.05) is 43.7 Å². The molecule has 0 aliphatic rings. The van der Waals surface area contributed by atoms with Gasteiger partial charge in [0.15, 0.2) is 11.2 Å². The Kier molecular flexibility index (Phi) is 9.18. The van der Waals surface area contributed by atoms with Crippen molar-refractivity contribution in [1.82, 2.24) is 0 Å². The lowest BCUT2D eigenvalue weighted by Gasteiger charge is -2.30. The summed E-state index contributed by atoms with van der Waals surface area (Å²) in [5, 5.41) is 14.3. The van der Waals surface area contributed by atoms with E-state index < -0.39 is 16.1 Å². The van der Waals surface area contributed by atoms with E-state index in [2.05, 4.69) is 231 Å². The van der Waals surface area contributed by atoms with Crippen molar-refractivity contribution < 1.29 is 8.83 Å². The average molecular weight is 887 g/mol. The van der Waals surface area contributed by atoms with Crippen LogP contribution in [0.2, 0.25) is 39.3 Å². The second-order valence-corrected chi connectivity index (χ2v) is 29.9. The Morgan fingerprint density at radius 3 is 1.00 bits per heavy atom. The average Bonchev–Trinajstić information content (AvgIpc) is 3.91. The molecule has 12 aromatic rings. The molecule has 0 N–H and O–H groups in total. The van der Waals surface area contributed by atoms with Crippen LogP contribution in [0.1, 0.15) is 0 Å². The number of nitrogens with zero attached hydrogens (tertiary/aromatic N) is 2. The zero-order valence-electron chi connectivity index (χ0n) is 38.2. The monoisotopic (exact) mass is 886 g/mol. The fraction of sp³-hybridized carbons (Fsp3) is 0.100. The smallest absolute Gasteiger partial charge is 0.159 e. The summed E-state index contributed by atoms with van der Waals surface area (Å²) in [5.74, 6) is 0. The van der Waals surface area contributed by atoms with Crippen LogP contribution in [0.25, 0.3) is 76.2 Å². The van der Waals surface area contributed by atoms with Crippen molar-refractivity contribution in [3.05, 3.63) is 194 Å². The maximum atomic E-state index is 6.81. The van der Waals surface area contributed by atoms with E-state index in [0.717, 1.165) is 88.8 Å². The van der Waals surface area contributed by atoms with E-state index >= 15 is 0 Å². The van der Waals surface area contributed by atoms with Crippen LogP contribution in [-0.2, 0) is 0 Å². The first-order valence-electron chi connectivity index (χ1n) is 23.0. The highest BCUT2D eigenvalue weighted by atomic mass is 28.3. The second-order valence-electron chi connectivity index (χ2n) is 19.7. The molecule has 4 nitrogen and oxygen atoms in total. The molecule has 0 aliphatic heterocycles. The molecule has 12 rings (SSSR count). The minimum Gasteiger partial charge on any atom is -0.454 e. The Labute approximate surface area is 386 Å². The van der Waals surface area contributed by atoms with Crippen molar-refractivity contribution in [1.29, 1.82) is 0 Å². The van der Waals surface area contributed by atoms with Gasteiger partial charge in [-0.2, -0.15) is 0 Å². The lowest BCUT2D eigenvalue weighted by molar-refractivity contribution is 0.669. The Morgan fingerprint density at radius 2 is 0.621 bits per heavy atom. The minimum atomic E-state index is -1.57. The van der Waals surface area contributed by atoms with Gasteiger partial charge in [0.05, 0.1) is 38.9 Å². The summed E-state index contributed by atoms with van der Waals surface area (Å²) >= 11 is 0. The number of fused-ring (bicyclic) bond motifs is 11. The van der Waals surface area contributed by atoms with Gasteiger partial charge in [0.2, 0.25) is 0 Å². The summed E-state index contributed by atoms with van der Waals surface area (Å²) in [4.78, 5) is 4.86. The van der Waals surface area contributed by atoms with Crippen LogP contribution in [-0.4, -0.2) is 16.1 Å². The second kappa shape index (κ2) is 15.1. The topological polar surface area (TPSA) is 32.8 Å². The Balaban J connectivity index is 1.16. The lowest BCUT2D eigenvalue weighted by Crippen LogP contribution is -2.37. The van der Waals surface area contributed by atoms with Crippen LogP contribution >= 0.6 is 0 Å². The van der Waals surface area contributed by atoms with E-state index in [1.165, 1.54) is 31.9 Å². The molecule has 0 fully saturated rings. The first kappa shape index (κ1) is 40.1. The number of para-hydroxylation sites is 4. The predicted octanol–water partition coefficient (Wildman–Crippen LogP) is 17.0. The van der Waals surface area contributed by atoms with Gasteiger partial charge in [0.25, 0.3) is 0 Å². The summed E-state index contributed by atoms with van der Waals surface area (Å²) in [6, 6.07) is 71.1. The lowest BCUT2D eigenvalue weighted by atomic mass is 9.93. The van der Waals surface area contributed by atoms with E-state index in [0.29, 0.717) is 0 Å². The molecule has 0 spiro atoms. The molecule has 0 bridgehead atoms. The van der Waals surface area contributed by atoms with Crippen LogP contribution < -0.4 is 20.2 Å². The van der Waals surface area contributed by atoms with E-state index in [9.17, 15) is 0 Å². The summed E-state index contributed by atoms with van der Waals surface area (Å²) in [5.41, 5.74) is 9.86. The van der Waals surface area contributed by atoms with Gasteiger partial charge in [-0.25, -0.2) is 0 Å². The van der Waals surface area contributed by atoms with Crippen molar-refractivity contribution in [2.45, 2.75) is 39.3 Å². The van der Waals surface area contributed by atoms with Crippen LogP contribution in [0.4, 0.5) is 34.1 Å². The molecule has 0 saturated carbocycles. The van der Waals surface area contributed by atoms with E-state index in [1.807, 2.05) is 12.1 Å². The van der Waals surface area contributed by atoms with E-state index in [-0.39, 0.29) is 0 Å². The minimum absolute atomic E-state index is 0.868. The molecule has 320 valence electrons. The third-order valence-corrected chi connectivity index (χ3v) is 17.7. The van der Waals surface area contributed by atoms with Crippen LogP contribution in [0.5, 0.6) is 0 Å². The molecule has 66 heavy (non-hydrogen) atoms. The SMILES string of the molecule is C[Si](C)(C)c1ccc(N(c2cc3c4ccccc4c(N(c4ccc([Si](C)(C)C)cc4)c4cccc5c4oc4ccccc45)cc3c3ccccc23)c2cccc3c2oc2ccccc23)cc1. The quantitative estimate of drug-likeness (QED) is 0.112. The molecule has 0 saturated heterocycles.